The first-order valence-electron chi connectivity index (χ1n) is 9.18. The van der Waals surface area contributed by atoms with Crippen LogP contribution in [0.4, 0.5) is 5.69 Å². The Morgan fingerprint density at radius 3 is 2.19 bits per heavy atom. The maximum absolute atomic E-state index is 12.5. The van der Waals surface area contributed by atoms with Crippen molar-refractivity contribution in [1.29, 1.82) is 0 Å². The minimum atomic E-state index is -3.33. The Hall–Kier alpha value is -2.34. The van der Waals surface area contributed by atoms with E-state index in [4.69, 9.17) is 0 Å². The number of benzene rings is 2. The highest BCUT2D eigenvalue weighted by Gasteiger charge is 2.19. The standard InChI is InChI=1S/C21H28N2O3S/c1-6-23(27(25,26)7-2)20-12-10-18(11-13-20)21(24)22-17(5)19-9-8-15(3)16(4)14-19/h8-14,17H,6-7H2,1-5H3,(H,22,24)/t17-/m1/s1. The monoisotopic (exact) mass is 388 g/mol. The molecule has 0 fully saturated rings. The number of aryl methyl sites for hydroxylation is 2. The molecule has 5 nitrogen and oxygen atoms in total. The Bertz CT molecular complexity index is 906. The number of carbonyl (C=O) groups is 1. The van der Waals surface area contributed by atoms with Crippen LogP contribution < -0.4 is 9.62 Å². The summed E-state index contributed by atoms with van der Waals surface area (Å²) in [5.74, 6) is -0.148. The van der Waals surface area contributed by atoms with Crippen LogP contribution in [0.25, 0.3) is 0 Å². The second kappa shape index (κ2) is 8.57. The molecule has 6 heteroatoms. The number of rotatable bonds is 7. The molecule has 1 atom stereocenters. The van der Waals surface area contributed by atoms with Crippen molar-refractivity contribution in [3.05, 3.63) is 64.7 Å². The van der Waals surface area contributed by atoms with Crippen molar-refractivity contribution in [2.45, 2.75) is 40.7 Å². The van der Waals surface area contributed by atoms with Crippen LogP contribution >= 0.6 is 0 Å². The Morgan fingerprint density at radius 2 is 1.67 bits per heavy atom. The van der Waals surface area contributed by atoms with E-state index in [0.717, 1.165) is 5.56 Å². The molecule has 1 N–H and O–H groups in total. The molecule has 1 amide bonds. The fraction of sp³-hybridized carbons (Fsp3) is 0.381. The molecule has 2 aromatic carbocycles. The lowest BCUT2D eigenvalue weighted by Gasteiger charge is -2.22. The minimum Gasteiger partial charge on any atom is -0.346 e. The van der Waals surface area contributed by atoms with E-state index in [2.05, 4.69) is 31.3 Å². The summed E-state index contributed by atoms with van der Waals surface area (Å²) in [6, 6.07) is 12.7. The number of hydrogen-bond acceptors (Lipinski definition) is 3. The van der Waals surface area contributed by atoms with Crippen LogP contribution in [0.5, 0.6) is 0 Å². The summed E-state index contributed by atoms with van der Waals surface area (Å²) in [7, 11) is -3.33. The number of hydrogen-bond donors (Lipinski definition) is 1. The highest BCUT2D eigenvalue weighted by atomic mass is 32.2. The van der Waals surface area contributed by atoms with Gasteiger partial charge in [-0.15, -0.1) is 0 Å². The molecule has 146 valence electrons. The Morgan fingerprint density at radius 1 is 1.04 bits per heavy atom. The fourth-order valence-corrected chi connectivity index (χ4v) is 4.02. The summed E-state index contributed by atoms with van der Waals surface area (Å²) in [6.45, 7) is 9.82. The second-order valence-corrected chi connectivity index (χ2v) is 8.83. The van der Waals surface area contributed by atoms with Crippen LogP contribution in [-0.4, -0.2) is 26.6 Å². The summed E-state index contributed by atoms with van der Waals surface area (Å²) in [5.41, 5.74) is 4.52. The molecule has 0 heterocycles. The summed E-state index contributed by atoms with van der Waals surface area (Å²) in [5, 5.41) is 2.99. The molecule has 2 rings (SSSR count). The van der Waals surface area contributed by atoms with Gasteiger partial charge in [0.1, 0.15) is 0 Å². The maximum atomic E-state index is 12.5. The lowest BCUT2D eigenvalue weighted by atomic mass is 10.0. The average molecular weight is 389 g/mol. The van der Waals surface area contributed by atoms with Crippen molar-refractivity contribution in [3.63, 3.8) is 0 Å². The van der Waals surface area contributed by atoms with Gasteiger partial charge >= 0.3 is 0 Å². The molecular formula is C21H28N2O3S. The van der Waals surface area contributed by atoms with Crippen molar-refractivity contribution < 1.29 is 13.2 Å². The molecule has 2 aromatic rings. The third-order valence-electron chi connectivity index (χ3n) is 4.78. The van der Waals surface area contributed by atoms with Gasteiger partial charge < -0.3 is 5.32 Å². The second-order valence-electron chi connectivity index (χ2n) is 6.65. The molecule has 0 aliphatic heterocycles. The molecule has 0 saturated heterocycles. The molecule has 0 spiro atoms. The van der Waals surface area contributed by atoms with Gasteiger partial charge in [-0.25, -0.2) is 8.42 Å². The number of carbonyl (C=O) groups excluding carboxylic acids is 1. The molecule has 0 bridgehead atoms. The Balaban J connectivity index is 2.14. The molecule has 0 unspecified atom stereocenters. The number of anilines is 1. The van der Waals surface area contributed by atoms with Crippen LogP contribution in [-0.2, 0) is 10.0 Å². The van der Waals surface area contributed by atoms with Crippen LogP contribution in [0.2, 0.25) is 0 Å². The number of sulfonamides is 1. The van der Waals surface area contributed by atoms with E-state index < -0.39 is 10.0 Å². The normalized spacial score (nSPS) is 12.5. The van der Waals surface area contributed by atoms with Gasteiger partial charge in [-0.05, 0) is 75.6 Å². The van der Waals surface area contributed by atoms with E-state index in [9.17, 15) is 13.2 Å². The minimum absolute atomic E-state index is 0.0383. The summed E-state index contributed by atoms with van der Waals surface area (Å²) in [6.07, 6.45) is 0. The molecule has 0 radical (unpaired) electrons. The first-order chi connectivity index (χ1) is 12.7. The summed E-state index contributed by atoms with van der Waals surface area (Å²) < 4.78 is 25.7. The van der Waals surface area contributed by atoms with Crippen molar-refractivity contribution >= 4 is 21.6 Å². The number of nitrogens with one attached hydrogen (secondary N) is 1. The SMILES string of the molecule is CCN(c1ccc(C(=O)N[C@H](C)c2ccc(C)c(C)c2)cc1)S(=O)(=O)CC. The van der Waals surface area contributed by atoms with Gasteiger partial charge in [-0.1, -0.05) is 18.2 Å². The van der Waals surface area contributed by atoms with Crippen LogP contribution in [0.3, 0.4) is 0 Å². The van der Waals surface area contributed by atoms with E-state index in [1.54, 1.807) is 38.1 Å². The summed E-state index contributed by atoms with van der Waals surface area (Å²) >= 11 is 0. The van der Waals surface area contributed by atoms with Gasteiger partial charge in [0.25, 0.3) is 5.91 Å². The zero-order valence-electron chi connectivity index (χ0n) is 16.6. The molecule has 0 saturated carbocycles. The van der Waals surface area contributed by atoms with Crippen LogP contribution in [0.1, 0.15) is 53.9 Å². The van der Waals surface area contributed by atoms with E-state index >= 15 is 0 Å². The van der Waals surface area contributed by atoms with E-state index in [-0.39, 0.29) is 17.7 Å². The first kappa shape index (κ1) is 21.0. The largest absolute Gasteiger partial charge is 0.346 e. The molecule has 27 heavy (non-hydrogen) atoms. The van der Waals surface area contributed by atoms with E-state index in [0.29, 0.717) is 17.8 Å². The topological polar surface area (TPSA) is 66.5 Å². The van der Waals surface area contributed by atoms with Crippen LogP contribution in [0, 0.1) is 13.8 Å². The van der Waals surface area contributed by atoms with Crippen LogP contribution in [0.15, 0.2) is 42.5 Å². The van der Waals surface area contributed by atoms with Gasteiger partial charge in [-0.3, -0.25) is 9.10 Å². The number of nitrogens with zero attached hydrogens (tertiary/aromatic N) is 1. The Labute approximate surface area is 162 Å². The third-order valence-corrected chi connectivity index (χ3v) is 6.65. The molecule has 0 aliphatic carbocycles. The first-order valence-corrected chi connectivity index (χ1v) is 10.8. The zero-order chi connectivity index (χ0) is 20.2. The van der Waals surface area contributed by atoms with Gasteiger partial charge in [-0.2, -0.15) is 0 Å². The maximum Gasteiger partial charge on any atom is 0.251 e. The zero-order valence-corrected chi connectivity index (χ0v) is 17.4. The van der Waals surface area contributed by atoms with Crippen molar-refractivity contribution in [2.75, 3.05) is 16.6 Å². The quantitative estimate of drug-likeness (QED) is 0.780. The highest BCUT2D eigenvalue weighted by molar-refractivity contribution is 7.92. The van der Waals surface area contributed by atoms with Gasteiger partial charge in [0.15, 0.2) is 0 Å². The molecule has 0 aliphatic rings. The van der Waals surface area contributed by atoms with Crippen molar-refractivity contribution in [3.8, 4) is 0 Å². The van der Waals surface area contributed by atoms with Crippen molar-refractivity contribution in [1.82, 2.24) is 5.32 Å². The average Bonchev–Trinajstić information content (AvgIpc) is 2.64. The van der Waals surface area contributed by atoms with E-state index in [1.807, 2.05) is 13.0 Å². The van der Waals surface area contributed by atoms with Crippen molar-refractivity contribution in [2.24, 2.45) is 0 Å². The predicted octanol–water partition coefficient (Wildman–Crippen LogP) is 3.97. The lowest BCUT2D eigenvalue weighted by molar-refractivity contribution is 0.0940. The Kier molecular flexibility index (Phi) is 6.65. The number of amides is 1. The molecular weight excluding hydrogens is 360 g/mol. The van der Waals surface area contributed by atoms with Gasteiger partial charge in [0.05, 0.1) is 17.5 Å². The smallest absolute Gasteiger partial charge is 0.251 e. The van der Waals surface area contributed by atoms with Gasteiger partial charge in [0.2, 0.25) is 10.0 Å². The fourth-order valence-electron chi connectivity index (χ4n) is 2.87. The lowest BCUT2D eigenvalue weighted by Crippen LogP contribution is -2.32. The summed E-state index contributed by atoms with van der Waals surface area (Å²) in [4.78, 5) is 12.5. The molecule has 0 aromatic heterocycles. The third kappa shape index (κ3) is 4.89. The van der Waals surface area contributed by atoms with E-state index in [1.165, 1.54) is 15.4 Å². The highest BCUT2D eigenvalue weighted by Crippen LogP contribution is 2.20. The predicted molar refractivity (Wildman–Crippen MR) is 111 cm³/mol. The van der Waals surface area contributed by atoms with Gasteiger partial charge in [0, 0.05) is 12.1 Å².